The number of halogens is 1. The molecule has 1 aliphatic heterocycles. The molecule has 0 radical (unpaired) electrons. The maximum absolute atomic E-state index is 13.6. The number of hydrogen-bond donors (Lipinski definition) is 0. The lowest BCUT2D eigenvalue weighted by atomic mass is 9.71. The zero-order chi connectivity index (χ0) is 22.5. The van der Waals surface area contributed by atoms with E-state index in [4.69, 9.17) is 14.2 Å². The molecule has 0 amide bonds. The molecule has 0 saturated carbocycles. The van der Waals surface area contributed by atoms with E-state index in [0.29, 0.717) is 15.4 Å². The highest BCUT2D eigenvalue weighted by atomic mass is 79.9. The van der Waals surface area contributed by atoms with Crippen molar-refractivity contribution in [1.82, 2.24) is 4.57 Å². The van der Waals surface area contributed by atoms with Crippen LogP contribution in [0.3, 0.4) is 0 Å². The van der Waals surface area contributed by atoms with Crippen LogP contribution in [0.25, 0.3) is 10.9 Å². The third kappa shape index (κ3) is 2.59. The molecule has 8 nitrogen and oxygen atoms in total. The molecule has 1 aliphatic rings. The number of benzene rings is 2. The van der Waals surface area contributed by atoms with Crippen molar-refractivity contribution in [3.8, 4) is 0 Å². The summed E-state index contributed by atoms with van der Waals surface area (Å²) >= 11 is 3.33. The summed E-state index contributed by atoms with van der Waals surface area (Å²) in [6, 6.07) is 11.1. The normalized spacial score (nSPS) is 13.9. The van der Waals surface area contributed by atoms with Gasteiger partial charge in [0.2, 0.25) is 5.41 Å². The summed E-state index contributed by atoms with van der Waals surface area (Å²) in [5.41, 5.74) is -1.99. The quantitative estimate of drug-likeness (QED) is 0.319. The lowest BCUT2D eigenvalue weighted by Gasteiger charge is -2.35. The molecule has 31 heavy (non-hydrogen) atoms. The van der Waals surface area contributed by atoms with Crippen molar-refractivity contribution in [2.24, 2.45) is 0 Å². The van der Waals surface area contributed by atoms with Gasteiger partial charge in [-0.05, 0) is 23.8 Å². The van der Waals surface area contributed by atoms with E-state index in [2.05, 4.69) is 15.9 Å². The van der Waals surface area contributed by atoms with Crippen LogP contribution in [0.4, 0.5) is 0 Å². The number of nitrogens with zero attached hydrogens (tertiary/aromatic N) is 1. The van der Waals surface area contributed by atoms with Gasteiger partial charge in [-0.15, -0.1) is 0 Å². The van der Waals surface area contributed by atoms with E-state index in [0.717, 1.165) is 14.2 Å². The van der Waals surface area contributed by atoms with Crippen molar-refractivity contribution in [3.05, 3.63) is 69.3 Å². The first-order chi connectivity index (χ1) is 14.8. The van der Waals surface area contributed by atoms with E-state index >= 15 is 0 Å². The molecule has 158 valence electrons. The molecule has 0 atom stereocenters. The summed E-state index contributed by atoms with van der Waals surface area (Å²) in [7, 11) is 3.41. The standard InChI is InChI=1S/C22H16BrNO7/c1-29-19(26)16-12-6-4-5-7-15(12)24-17(16)22(20(27)30-2,21(28)31-3)14-9-8-11(23)10-13(14)18(24)25/h4-10H,1-3H3. The van der Waals surface area contributed by atoms with Crippen molar-refractivity contribution in [2.45, 2.75) is 5.41 Å². The van der Waals surface area contributed by atoms with Crippen molar-refractivity contribution >= 4 is 50.6 Å². The lowest BCUT2D eigenvalue weighted by Crippen LogP contribution is -2.52. The molecule has 0 aliphatic carbocycles. The number of carbonyl (C=O) groups excluding carboxylic acids is 4. The van der Waals surface area contributed by atoms with Crippen LogP contribution in [0, 0.1) is 0 Å². The Morgan fingerprint density at radius 2 is 1.58 bits per heavy atom. The fourth-order valence-electron chi connectivity index (χ4n) is 4.19. The van der Waals surface area contributed by atoms with E-state index in [9.17, 15) is 19.2 Å². The zero-order valence-corrected chi connectivity index (χ0v) is 18.3. The maximum Gasteiger partial charge on any atom is 0.340 e. The Morgan fingerprint density at radius 3 is 2.19 bits per heavy atom. The number of para-hydroxylation sites is 1. The van der Waals surface area contributed by atoms with Crippen LogP contribution in [0.15, 0.2) is 46.9 Å². The average molecular weight is 486 g/mol. The molecule has 9 heteroatoms. The van der Waals surface area contributed by atoms with Crippen LogP contribution < -0.4 is 0 Å². The van der Waals surface area contributed by atoms with Gasteiger partial charge >= 0.3 is 17.9 Å². The van der Waals surface area contributed by atoms with Crippen LogP contribution in [-0.2, 0) is 29.2 Å². The first-order valence-corrected chi connectivity index (χ1v) is 9.87. The van der Waals surface area contributed by atoms with Crippen molar-refractivity contribution < 1.29 is 33.4 Å². The van der Waals surface area contributed by atoms with Gasteiger partial charge in [0.1, 0.15) is 0 Å². The van der Waals surface area contributed by atoms with Crippen LogP contribution >= 0.6 is 15.9 Å². The number of fused-ring (bicyclic) bond motifs is 4. The highest BCUT2D eigenvalue weighted by Gasteiger charge is 2.60. The fourth-order valence-corrected chi connectivity index (χ4v) is 4.55. The third-order valence-corrected chi connectivity index (χ3v) is 5.91. The van der Waals surface area contributed by atoms with Crippen molar-refractivity contribution in [3.63, 3.8) is 0 Å². The molecule has 1 aromatic heterocycles. The molecule has 3 aromatic rings. The van der Waals surface area contributed by atoms with Gasteiger partial charge in [0.05, 0.1) is 38.1 Å². The minimum Gasteiger partial charge on any atom is -0.468 e. The summed E-state index contributed by atoms with van der Waals surface area (Å²) in [4.78, 5) is 53.1. The largest absolute Gasteiger partial charge is 0.468 e. The second-order valence-electron chi connectivity index (χ2n) is 6.80. The second kappa shape index (κ2) is 7.35. The van der Waals surface area contributed by atoms with Crippen LogP contribution in [0.1, 0.15) is 32.0 Å². The third-order valence-electron chi connectivity index (χ3n) is 5.42. The number of methoxy groups -OCH3 is 3. The molecule has 2 aromatic carbocycles. The topological polar surface area (TPSA) is 101 Å². The van der Waals surface area contributed by atoms with Crippen molar-refractivity contribution in [2.75, 3.05) is 21.3 Å². The van der Waals surface area contributed by atoms with Crippen LogP contribution in [-0.4, -0.2) is 49.7 Å². The van der Waals surface area contributed by atoms with E-state index in [1.54, 1.807) is 30.3 Å². The summed E-state index contributed by atoms with van der Waals surface area (Å²) in [5, 5.41) is 0.349. The predicted molar refractivity (Wildman–Crippen MR) is 112 cm³/mol. The number of aromatic nitrogens is 1. The van der Waals surface area contributed by atoms with Gasteiger partial charge < -0.3 is 14.2 Å². The van der Waals surface area contributed by atoms with Gasteiger partial charge in [0, 0.05) is 15.4 Å². The number of ether oxygens (including phenoxy) is 3. The molecule has 4 rings (SSSR count). The summed E-state index contributed by atoms with van der Waals surface area (Å²) < 4.78 is 16.8. The Balaban J connectivity index is 2.32. The molecular formula is C22H16BrNO7. The Bertz CT molecular complexity index is 1270. The number of carbonyl (C=O) groups is 4. The Kier molecular flexibility index (Phi) is 4.93. The Labute approximate surface area is 184 Å². The van der Waals surface area contributed by atoms with E-state index < -0.39 is 29.2 Å². The lowest BCUT2D eigenvalue weighted by molar-refractivity contribution is -0.159. The monoisotopic (exact) mass is 485 g/mol. The molecule has 0 fully saturated rings. The van der Waals surface area contributed by atoms with Gasteiger partial charge in [0.25, 0.3) is 5.91 Å². The zero-order valence-electron chi connectivity index (χ0n) is 16.7. The Morgan fingerprint density at radius 1 is 0.935 bits per heavy atom. The van der Waals surface area contributed by atoms with E-state index in [-0.39, 0.29) is 22.4 Å². The molecule has 0 spiro atoms. The van der Waals surface area contributed by atoms with E-state index in [1.165, 1.54) is 23.8 Å². The molecular weight excluding hydrogens is 470 g/mol. The van der Waals surface area contributed by atoms with Gasteiger partial charge in [0.15, 0.2) is 0 Å². The highest BCUT2D eigenvalue weighted by molar-refractivity contribution is 9.10. The van der Waals surface area contributed by atoms with Crippen molar-refractivity contribution in [1.29, 1.82) is 0 Å². The number of esters is 3. The summed E-state index contributed by atoms with van der Waals surface area (Å²) in [6.45, 7) is 0. The number of hydrogen-bond acceptors (Lipinski definition) is 7. The minimum atomic E-state index is -2.23. The highest BCUT2D eigenvalue weighted by Crippen LogP contribution is 2.47. The summed E-state index contributed by atoms with van der Waals surface area (Å²) in [5.74, 6) is -3.31. The van der Waals surface area contributed by atoms with E-state index in [1.807, 2.05) is 0 Å². The first-order valence-electron chi connectivity index (χ1n) is 9.08. The molecule has 0 saturated heterocycles. The molecule has 0 bridgehead atoms. The average Bonchev–Trinajstić information content (AvgIpc) is 3.14. The SMILES string of the molecule is COC(=O)c1c2n(c3ccccc13)C(=O)c1cc(Br)ccc1C2(C(=O)OC)C(=O)OC. The summed E-state index contributed by atoms with van der Waals surface area (Å²) in [6.07, 6.45) is 0. The maximum atomic E-state index is 13.6. The predicted octanol–water partition coefficient (Wildman–Crippen LogP) is 2.82. The van der Waals surface area contributed by atoms with Gasteiger partial charge in [-0.25, -0.2) is 4.79 Å². The molecule has 0 N–H and O–H groups in total. The molecule has 2 heterocycles. The van der Waals surface area contributed by atoms with Gasteiger partial charge in [-0.2, -0.15) is 0 Å². The molecule has 0 unspecified atom stereocenters. The second-order valence-corrected chi connectivity index (χ2v) is 7.71. The first kappa shape index (κ1) is 20.8. The van der Waals surface area contributed by atoms with Crippen LogP contribution in [0.2, 0.25) is 0 Å². The van der Waals surface area contributed by atoms with Crippen LogP contribution in [0.5, 0.6) is 0 Å². The minimum absolute atomic E-state index is 0.0554. The van der Waals surface area contributed by atoms with Gasteiger partial charge in [-0.1, -0.05) is 40.2 Å². The number of rotatable bonds is 3. The fraction of sp³-hybridized carbons (Fsp3) is 0.182. The smallest absolute Gasteiger partial charge is 0.340 e. The van der Waals surface area contributed by atoms with Gasteiger partial charge in [-0.3, -0.25) is 19.0 Å². The Hall–Kier alpha value is -3.46.